The van der Waals surface area contributed by atoms with Gasteiger partial charge in [0.1, 0.15) is 6.10 Å². The maximum atomic E-state index is 11.6. The Balaban J connectivity index is 2.49. The van der Waals surface area contributed by atoms with Gasteiger partial charge in [-0.3, -0.25) is 9.59 Å². The highest BCUT2D eigenvalue weighted by Crippen LogP contribution is 2.13. The third kappa shape index (κ3) is 4.99. The number of carbonyl (C=O) groups is 2. The van der Waals surface area contributed by atoms with E-state index in [0.29, 0.717) is 0 Å². The van der Waals surface area contributed by atoms with Crippen LogP contribution >= 0.6 is 11.3 Å². The van der Waals surface area contributed by atoms with Crippen molar-refractivity contribution in [1.82, 2.24) is 0 Å². The first-order chi connectivity index (χ1) is 7.99. The molecule has 1 atom stereocenters. The quantitative estimate of drug-likeness (QED) is 0.793. The molecule has 0 aliphatic heterocycles. The summed E-state index contributed by atoms with van der Waals surface area (Å²) in [6.45, 7) is 3.68. The van der Waals surface area contributed by atoms with Crippen LogP contribution in [0, 0.1) is 5.92 Å². The molecular weight excluding hydrogens is 240 g/mol. The standard InChI is InChI=1S/C12H16O4S/c1-8(2)10(6-11(13)14)16-12(15)5-9-3-4-17-7-9/h3-4,7-8,10H,5-6H2,1-2H3,(H,13,14). The molecule has 1 unspecified atom stereocenters. The molecule has 17 heavy (non-hydrogen) atoms. The molecule has 0 fully saturated rings. The Morgan fingerprint density at radius 2 is 2.18 bits per heavy atom. The lowest BCUT2D eigenvalue weighted by atomic mass is 10.0. The van der Waals surface area contributed by atoms with Gasteiger partial charge in [0, 0.05) is 0 Å². The third-order valence-electron chi connectivity index (χ3n) is 2.33. The summed E-state index contributed by atoms with van der Waals surface area (Å²) in [5.74, 6) is -1.33. The Hall–Kier alpha value is -1.36. The first kappa shape index (κ1) is 13.7. The summed E-state index contributed by atoms with van der Waals surface area (Å²) in [6.07, 6.45) is -0.502. The van der Waals surface area contributed by atoms with Crippen LogP contribution in [0.15, 0.2) is 16.8 Å². The van der Waals surface area contributed by atoms with Crippen LogP contribution in [0.5, 0.6) is 0 Å². The van der Waals surface area contributed by atoms with Crippen LogP contribution in [0.3, 0.4) is 0 Å². The molecule has 0 saturated carbocycles. The van der Waals surface area contributed by atoms with Crippen LogP contribution in [-0.4, -0.2) is 23.1 Å². The van der Waals surface area contributed by atoms with Crippen molar-refractivity contribution in [3.05, 3.63) is 22.4 Å². The monoisotopic (exact) mass is 256 g/mol. The van der Waals surface area contributed by atoms with Crippen molar-refractivity contribution in [2.45, 2.75) is 32.8 Å². The third-order valence-corrected chi connectivity index (χ3v) is 3.06. The van der Waals surface area contributed by atoms with Gasteiger partial charge in [-0.25, -0.2) is 0 Å². The van der Waals surface area contributed by atoms with E-state index in [4.69, 9.17) is 9.84 Å². The number of carboxylic acid groups (broad SMARTS) is 1. The lowest BCUT2D eigenvalue weighted by Crippen LogP contribution is -2.27. The van der Waals surface area contributed by atoms with E-state index >= 15 is 0 Å². The second-order valence-electron chi connectivity index (χ2n) is 4.18. The first-order valence-electron chi connectivity index (χ1n) is 5.41. The van der Waals surface area contributed by atoms with Crippen LogP contribution in [0.4, 0.5) is 0 Å². The molecule has 0 radical (unpaired) electrons. The van der Waals surface area contributed by atoms with Gasteiger partial charge in [-0.15, -0.1) is 0 Å². The summed E-state index contributed by atoms with van der Waals surface area (Å²) in [6, 6.07) is 1.85. The predicted molar refractivity (Wildman–Crippen MR) is 65.0 cm³/mol. The van der Waals surface area contributed by atoms with Gasteiger partial charge in [-0.2, -0.15) is 11.3 Å². The number of hydrogen-bond acceptors (Lipinski definition) is 4. The van der Waals surface area contributed by atoms with Crippen molar-refractivity contribution in [1.29, 1.82) is 0 Å². The van der Waals surface area contributed by atoms with Gasteiger partial charge in [0.2, 0.25) is 0 Å². The molecule has 0 amide bonds. The van der Waals surface area contributed by atoms with Gasteiger partial charge in [0.25, 0.3) is 0 Å². The average Bonchev–Trinajstić information content (AvgIpc) is 2.68. The van der Waals surface area contributed by atoms with Crippen LogP contribution < -0.4 is 0 Å². The molecule has 0 aliphatic rings. The first-order valence-corrected chi connectivity index (χ1v) is 6.35. The minimum atomic E-state index is -0.952. The number of hydrogen-bond donors (Lipinski definition) is 1. The van der Waals surface area contributed by atoms with E-state index in [-0.39, 0.29) is 24.7 Å². The van der Waals surface area contributed by atoms with Crippen molar-refractivity contribution in [3.63, 3.8) is 0 Å². The van der Waals surface area contributed by atoms with E-state index in [0.717, 1.165) is 5.56 Å². The average molecular weight is 256 g/mol. The number of rotatable bonds is 6. The van der Waals surface area contributed by atoms with Gasteiger partial charge in [-0.1, -0.05) is 13.8 Å². The molecule has 0 aromatic carbocycles. The number of carboxylic acids is 1. The molecule has 0 aliphatic carbocycles. The topological polar surface area (TPSA) is 63.6 Å². The number of aliphatic carboxylic acids is 1. The normalized spacial score (nSPS) is 12.4. The maximum absolute atomic E-state index is 11.6. The van der Waals surface area contributed by atoms with Crippen molar-refractivity contribution < 1.29 is 19.4 Å². The smallest absolute Gasteiger partial charge is 0.310 e. The summed E-state index contributed by atoms with van der Waals surface area (Å²) < 4.78 is 5.18. The molecule has 1 heterocycles. The van der Waals surface area contributed by atoms with E-state index in [9.17, 15) is 9.59 Å². The summed E-state index contributed by atoms with van der Waals surface area (Å²) in [7, 11) is 0. The van der Waals surface area contributed by atoms with Crippen LogP contribution in [0.1, 0.15) is 25.8 Å². The maximum Gasteiger partial charge on any atom is 0.310 e. The van der Waals surface area contributed by atoms with Crippen molar-refractivity contribution in [3.8, 4) is 0 Å². The van der Waals surface area contributed by atoms with Crippen LogP contribution in [0.25, 0.3) is 0 Å². The molecule has 1 N–H and O–H groups in total. The SMILES string of the molecule is CC(C)C(CC(=O)O)OC(=O)Cc1ccsc1. The number of ether oxygens (including phenoxy) is 1. The molecule has 1 aromatic heterocycles. The van der Waals surface area contributed by atoms with Gasteiger partial charge in [0.05, 0.1) is 12.8 Å². The largest absolute Gasteiger partial charge is 0.481 e. The number of esters is 1. The molecule has 0 bridgehead atoms. The van der Waals surface area contributed by atoms with Crippen molar-refractivity contribution in [2.24, 2.45) is 5.92 Å². The van der Waals surface area contributed by atoms with Gasteiger partial charge in [0.15, 0.2) is 0 Å². The van der Waals surface area contributed by atoms with E-state index in [1.165, 1.54) is 11.3 Å². The van der Waals surface area contributed by atoms with Crippen LogP contribution in [0.2, 0.25) is 0 Å². The van der Waals surface area contributed by atoms with E-state index < -0.39 is 12.1 Å². The van der Waals surface area contributed by atoms with Crippen LogP contribution in [-0.2, 0) is 20.7 Å². The predicted octanol–water partition coefficient (Wildman–Crippen LogP) is 2.33. The highest BCUT2D eigenvalue weighted by atomic mass is 32.1. The minimum absolute atomic E-state index is 0.00229. The fourth-order valence-electron chi connectivity index (χ4n) is 1.36. The Morgan fingerprint density at radius 3 is 2.65 bits per heavy atom. The van der Waals surface area contributed by atoms with E-state index in [1.807, 2.05) is 30.7 Å². The highest BCUT2D eigenvalue weighted by Gasteiger charge is 2.21. The Kier molecular flexibility index (Phi) is 5.15. The molecule has 1 rings (SSSR count). The number of thiophene rings is 1. The summed E-state index contributed by atoms with van der Waals surface area (Å²) in [5.41, 5.74) is 0.901. The lowest BCUT2D eigenvalue weighted by molar-refractivity contribution is -0.154. The Labute approximate surface area is 104 Å². The molecule has 5 heteroatoms. The van der Waals surface area contributed by atoms with E-state index in [2.05, 4.69) is 0 Å². The zero-order valence-electron chi connectivity index (χ0n) is 9.88. The van der Waals surface area contributed by atoms with Crippen molar-refractivity contribution in [2.75, 3.05) is 0 Å². The molecule has 0 spiro atoms. The minimum Gasteiger partial charge on any atom is -0.481 e. The molecule has 94 valence electrons. The lowest BCUT2D eigenvalue weighted by Gasteiger charge is -2.19. The summed E-state index contributed by atoms with van der Waals surface area (Å²) in [4.78, 5) is 22.2. The Bertz CT molecular complexity index is 370. The molecule has 4 nitrogen and oxygen atoms in total. The Morgan fingerprint density at radius 1 is 1.47 bits per heavy atom. The second kappa shape index (κ2) is 6.39. The summed E-state index contributed by atoms with van der Waals surface area (Å²) in [5, 5.41) is 12.5. The fraction of sp³-hybridized carbons (Fsp3) is 0.500. The zero-order valence-corrected chi connectivity index (χ0v) is 10.7. The highest BCUT2D eigenvalue weighted by molar-refractivity contribution is 7.07. The zero-order chi connectivity index (χ0) is 12.8. The van der Waals surface area contributed by atoms with Crippen molar-refractivity contribution >= 4 is 23.3 Å². The summed E-state index contributed by atoms with van der Waals surface area (Å²) >= 11 is 1.52. The molecule has 1 aromatic rings. The fourth-order valence-corrected chi connectivity index (χ4v) is 2.02. The van der Waals surface area contributed by atoms with Gasteiger partial charge in [-0.05, 0) is 28.3 Å². The van der Waals surface area contributed by atoms with E-state index in [1.54, 1.807) is 0 Å². The second-order valence-corrected chi connectivity index (χ2v) is 4.96. The molecule has 0 saturated heterocycles. The van der Waals surface area contributed by atoms with Gasteiger partial charge < -0.3 is 9.84 Å². The molecular formula is C12H16O4S. The van der Waals surface area contributed by atoms with Gasteiger partial charge >= 0.3 is 11.9 Å². The number of carbonyl (C=O) groups excluding carboxylic acids is 1.